The van der Waals surface area contributed by atoms with E-state index in [1.807, 2.05) is 91.9 Å². The molecule has 6 nitrogen and oxygen atoms in total. The second-order valence-electron chi connectivity index (χ2n) is 9.54. The molecule has 4 aromatic carbocycles. The van der Waals surface area contributed by atoms with Crippen LogP contribution in [0.1, 0.15) is 16.8 Å². The third-order valence-electron chi connectivity index (χ3n) is 7.08. The summed E-state index contributed by atoms with van der Waals surface area (Å²) >= 11 is 7.29. The molecule has 1 saturated heterocycles. The molecule has 1 N–H and O–H groups in total. The molecule has 1 fully saturated rings. The van der Waals surface area contributed by atoms with Crippen LogP contribution >= 0.6 is 23.4 Å². The lowest BCUT2D eigenvalue weighted by Crippen LogP contribution is -2.36. The van der Waals surface area contributed by atoms with Gasteiger partial charge in [-0.15, -0.1) is 0 Å². The summed E-state index contributed by atoms with van der Waals surface area (Å²) < 4.78 is 2.16. The summed E-state index contributed by atoms with van der Waals surface area (Å²) in [7, 11) is 0. The maximum atomic E-state index is 13.3. The van der Waals surface area contributed by atoms with Gasteiger partial charge in [-0.05, 0) is 53.9 Å². The van der Waals surface area contributed by atoms with Crippen LogP contribution in [0.2, 0.25) is 5.02 Å². The van der Waals surface area contributed by atoms with Crippen LogP contribution in [0.25, 0.3) is 27.8 Å². The first-order chi connectivity index (χ1) is 19.4. The highest BCUT2D eigenvalue weighted by molar-refractivity contribution is 8.18. The number of halogens is 1. The summed E-state index contributed by atoms with van der Waals surface area (Å²) in [4.78, 5) is 40.3. The first kappa shape index (κ1) is 25.9. The molecule has 3 amide bonds. The van der Waals surface area contributed by atoms with Gasteiger partial charge in [-0.25, -0.2) is 0 Å². The van der Waals surface area contributed by atoms with E-state index in [-0.39, 0.29) is 11.4 Å². The van der Waals surface area contributed by atoms with Crippen LogP contribution in [0, 0.1) is 6.92 Å². The minimum atomic E-state index is -0.481. The first-order valence-corrected chi connectivity index (χ1v) is 13.9. The van der Waals surface area contributed by atoms with Gasteiger partial charge in [-0.1, -0.05) is 84.4 Å². The Balaban J connectivity index is 1.27. The Kier molecular flexibility index (Phi) is 6.92. The number of anilines is 1. The number of para-hydroxylation sites is 1. The zero-order valence-electron chi connectivity index (χ0n) is 21.6. The molecule has 1 aliphatic heterocycles. The van der Waals surface area contributed by atoms with Gasteiger partial charge >= 0.3 is 0 Å². The van der Waals surface area contributed by atoms with Gasteiger partial charge in [0, 0.05) is 44.8 Å². The zero-order valence-corrected chi connectivity index (χ0v) is 23.1. The van der Waals surface area contributed by atoms with Crippen LogP contribution in [-0.4, -0.2) is 33.1 Å². The van der Waals surface area contributed by atoms with Crippen LogP contribution < -0.4 is 5.32 Å². The van der Waals surface area contributed by atoms with Crippen LogP contribution in [0.15, 0.2) is 95.9 Å². The molecule has 198 valence electrons. The quantitative estimate of drug-likeness (QED) is 0.217. The van der Waals surface area contributed by atoms with Crippen molar-refractivity contribution in [1.82, 2.24) is 9.47 Å². The van der Waals surface area contributed by atoms with Gasteiger partial charge in [-0.2, -0.15) is 0 Å². The molecule has 6 rings (SSSR count). The van der Waals surface area contributed by atoms with E-state index in [4.69, 9.17) is 11.6 Å². The van der Waals surface area contributed by atoms with Crippen molar-refractivity contribution in [3.63, 3.8) is 0 Å². The first-order valence-electron chi connectivity index (χ1n) is 12.7. The van der Waals surface area contributed by atoms with Gasteiger partial charge in [0.2, 0.25) is 5.91 Å². The lowest BCUT2D eigenvalue weighted by molar-refractivity contribution is -0.127. The lowest BCUT2D eigenvalue weighted by Gasteiger charge is -2.13. The molecule has 0 radical (unpaired) electrons. The molecule has 0 bridgehead atoms. The predicted molar refractivity (Wildman–Crippen MR) is 162 cm³/mol. The summed E-state index contributed by atoms with van der Waals surface area (Å²) in [5.74, 6) is -0.919. The lowest BCUT2D eigenvalue weighted by atomic mass is 10.1. The summed E-state index contributed by atoms with van der Waals surface area (Å²) in [6.07, 6.45) is 1.76. The van der Waals surface area contributed by atoms with Gasteiger partial charge in [0.05, 0.1) is 4.91 Å². The molecule has 0 unspecified atom stereocenters. The number of benzene rings is 4. The Labute approximate surface area is 240 Å². The molecule has 0 saturated carbocycles. The number of nitrogens with one attached hydrogen (secondary N) is 1. The molecule has 0 aliphatic carbocycles. The predicted octanol–water partition coefficient (Wildman–Crippen LogP) is 7.48. The fourth-order valence-corrected chi connectivity index (χ4v) is 6.09. The van der Waals surface area contributed by atoms with E-state index in [2.05, 4.69) is 9.88 Å². The molecule has 40 heavy (non-hydrogen) atoms. The van der Waals surface area contributed by atoms with E-state index in [0.717, 1.165) is 55.2 Å². The van der Waals surface area contributed by atoms with Crippen molar-refractivity contribution in [2.75, 3.05) is 11.9 Å². The second kappa shape index (κ2) is 10.7. The molecular formula is C32H24ClN3O3S. The number of imide groups is 1. The molecular weight excluding hydrogens is 542 g/mol. The Morgan fingerprint density at radius 1 is 0.900 bits per heavy atom. The zero-order chi connectivity index (χ0) is 27.8. The van der Waals surface area contributed by atoms with E-state index < -0.39 is 17.1 Å². The number of aromatic nitrogens is 1. The van der Waals surface area contributed by atoms with Gasteiger partial charge in [-0.3, -0.25) is 19.3 Å². The van der Waals surface area contributed by atoms with Gasteiger partial charge in [0.1, 0.15) is 6.54 Å². The molecule has 2 heterocycles. The molecule has 0 atom stereocenters. The number of carbonyl (C=O) groups excluding carboxylic acids is 3. The number of carbonyl (C=O) groups is 3. The Bertz CT molecular complexity index is 1850. The maximum absolute atomic E-state index is 13.3. The van der Waals surface area contributed by atoms with Crippen molar-refractivity contribution in [2.45, 2.75) is 13.5 Å². The van der Waals surface area contributed by atoms with E-state index >= 15 is 0 Å². The number of fused-ring (bicyclic) bond motifs is 2. The SMILES string of the molecule is Cc1c(/C=C2\SC(=O)N(CC(=O)Nc3cccc4ccccc34)C2=O)c2ccccc2n1Cc1ccccc1Cl. The summed E-state index contributed by atoms with van der Waals surface area (Å²) in [5, 5.41) is 5.90. The van der Waals surface area contributed by atoms with Crippen LogP contribution in [0.5, 0.6) is 0 Å². The average molecular weight is 566 g/mol. The third-order valence-corrected chi connectivity index (χ3v) is 8.36. The number of amides is 3. The topological polar surface area (TPSA) is 71.4 Å². The van der Waals surface area contributed by atoms with Crippen molar-refractivity contribution < 1.29 is 14.4 Å². The number of nitrogens with zero attached hydrogens (tertiary/aromatic N) is 2. The fourth-order valence-electron chi connectivity index (χ4n) is 5.08. The van der Waals surface area contributed by atoms with Crippen LogP contribution in [-0.2, 0) is 16.1 Å². The number of thioether (sulfide) groups is 1. The molecule has 1 aromatic heterocycles. The highest BCUT2D eigenvalue weighted by Crippen LogP contribution is 2.36. The molecule has 0 spiro atoms. The van der Waals surface area contributed by atoms with Crippen LogP contribution in [0.4, 0.5) is 10.5 Å². The van der Waals surface area contributed by atoms with Crippen molar-refractivity contribution in [2.24, 2.45) is 0 Å². The number of hydrogen-bond acceptors (Lipinski definition) is 4. The summed E-state index contributed by atoms with van der Waals surface area (Å²) in [6, 6.07) is 29.0. The van der Waals surface area contributed by atoms with E-state index in [9.17, 15) is 14.4 Å². The van der Waals surface area contributed by atoms with Crippen molar-refractivity contribution in [3.8, 4) is 0 Å². The summed E-state index contributed by atoms with van der Waals surface area (Å²) in [5.41, 5.74) is 4.42. The van der Waals surface area contributed by atoms with Gasteiger partial charge < -0.3 is 9.88 Å². The van der Waals surface area contributed by atoms with E-state index in [1.165, 1.54) is 0 Å². The highest BCUT2D eigenvalue weighted by atomic mass is 35.5. The Hall–Kier alpha value is -4.33. The number of hydrogen-bond donors (Lipinski definition) is 1. The fraction of sp³-hybridized carbons (Fsp3) is 0.0938. The molecule has 5 aromatic rings. The van der Waals surface area contributed by atoms with Gasteiger partial charge in [0.25, 0.3) is 11.1 Å². The van der Waals surface area contributed by atoms with E-state index in [1.54, 1.807) is 12.1 Å². The number of rotatable bonds is 6. The van der Waals surface area contributed by atoms with Crippen molar-refractivity contribution in [3.05, 3.63) is 118 Å². The highest BCUT2D eigenvalue weighted by Gasteiger charge is 2.36. The monoisotopic (exact) mass is 565 g/mol. The molecule has 1 aliphatic rings. The van der Waals surface area contributed by atoms with E-state index in [0.29, 0.717) is 17.3 Å². The molecule has 8 heteroatoms. The standard InChI is InChI=1S/C32H24ClN3O3S/c1-20-25(24-13-5-7-16-28(24)35(20)18-22-10-3-6-14-26(22)33)17-29-31(38)36(32(39)40-29)19-30(37)34-27-15-8-11-21-9-2-4-12-23(21)27/h2-17H,18-19H2,1H3,(H,34,37)/b29-17-. The summed E-state index contributed by atoms with van der Waals surface area (Å²) in [6.45, 7) is 2.19. The van der Waals surface area contributed by atoms with Crippen molar-refractivity contribution >= 4 is 73.9 Å². The Morgan fingerprint density at radius 3 is 2.42 bits per heavy atom. The minimum absolute atomic E-state index is 0.284. The minimum Gasteiger partial charge on any atom is -0.340 e. The van der Waals surface area contributed by atoms with Crippen LogP contribution in [0.3, 0.4) is 0 Å². The third kappa shape index (κ3) is 4.78. The van der Waals surface area contributed by atoms with Gasteiger partial charge in [0.15, 0.2) is 0 Å². The largest absolute Gasteiger partial charge is 0.340 e. The maximum Gasteiger partial charge on any atom is 0.294 e. The van der Waals surface area contributed by atoms with Crippen molar-refractivity contribution in [1.29, 1.82) is 0 Å². The average Bonchev–Trinajstić information content (AvgIpc) is 3.37. The smallest absolute Gasteiger partial charge is 0.294 e. The Morgan fingerprint density at radius 2 is 1.60 bits per heavy atom. The normalized spacial score (nSPS) is 14.6. The second-order valence-corrected chi connectivity index (χ2v) is 10.9.